The third kappa shape index (κ3) is 4.87. The zero-order valence-electron chi connectivity index (χ0n) is 18.1. The molecule has 26 heavy (non-hydrogen) atoms. The molecule has 0 unspecified atom stereocenters. The normalized spacial score (nSPS) is 12.3. The minimum Gasteiger partial charge on any atom is -0.0985 e. The summed E-state index contributed by atoms with van der Waals surface area (Å²) in [6.45, 7) is 22.2. The quantitative estimate of drug-likeness (QED) is 0.542. The largest absolute Gasteiger partial charge is 0.0985 e. The molecule has 0 aliphatic rings. The van der Waals surface area contributed by atoms with Gasteiger partial charge < -0.3 is 0 Å². The van der Waals surface area contributed by atoms with Crippen molar-refractivity contribution >= 4 is 6.08 Å². The molecule has 0 radical (unpaired) electrons. The van der Waals surface area contributed by atoms with Crippen LogP contribution in [0.25, 0.3) is 6.08 Å². The topological polar surface area (TPSA) is 0 Å². The summed E-state index contributed by atoms with van der Waals surface area (Å²) in [5.74, 6) is 0. The minimum atomic E-state index is 0.172. The van der Waals surface area contributed by atoms with Gasteiger partial charge in [0.25, 0.3) is 0 Å². The Hall–Kier alpha value is -1.82. The average molecular weight is 349 g/mol. The summed E-state index contributed by atoms with van der Waals surface area (Å²) in [5, 5.41) is 0. The summed E-state index contributed by atoms with van der Waals surface area (Å²) in [5.41, 5.74) is 10.1. The molecule has 0 nitrogen and oxygen atoms in total. The number of aryl methyl sites for hydroxylation is 3. The fourth-order valence-electron chi connectivity index (χ4n) is 3.32. The maximum atomic E-state index is 3.94. The van der Waals surface area contributed by atoms with Gasteiger partial charge in [0.15, 0.2) is 0 Å². The molecule has 0 bridgehead atoms. The van der Waals surface area contributed by atoms with E-state index in [4.69, 9.17) is 0 Å². The Morgan fingerprint density at radius 3 is 1.77 bits per heavy atom. The molecule has 0 aromatic heterocycles. The monoisotopic (exact) mass is 348 g/mol. The van der Waals surface area contributed by atoms with Gasteiger partial charge in [-0.15, -0.1) is 0 Å². The molecule has 140 valence electrons. The van der Waals surface area contributed by atoms with Crippen LogP contribution in [0, 0.1) is 13.8 Å². The van der Waals surface area contributed by atoms with E-state index < -0.39 is 0 Å². The maximum absolute atomic E-state index is 3.94. The average Bonchev–Trinajstić information content (AvgIpc) is 2.54. The second kappa shape index (κ2) is 7.43. The first-order valence-corrected chi connectivity index (χ1v) is 9.79. The van der Waals surface area contributed by atoms with Gasteiger partial charge in [-0.1, -0.05) is 84.5 Å². The summed E-state index contributed by atoms with van der Waals surface area (Å²) < 4.78 is 0. The Bertz CT molecular complexity index is 760. The van der Waals surface area contributed by atoms with Crippen LogP contribution in [-0.2, 0) is 23.7 Å². The van der Waals surface area contributed by atoms with E-state index in [-0.39, 0.29) is 10.8 Å². The van der Waals surface area contributed by atoms with E-state index in [0.717, 1.165) is 12.8 Å². The molecule has 0 spiro atoms. The van der Waals surface area contributed by atoms with E-state index in [1.165, 1.54) is 38.9 Å². The molecule has 0 heterocycles. The summed E-state index contributed by atoms with van der Waals surface area (Å²) >= 11 is 0. The lowest BCUT2D eigenvalue weighted by Crippen LogP contribution is -2.17. The molecule has 0 atom stereocenters. The Balaban J connectivity index is 2.38. The van der Waals surface area contributed by atoms with E-state index in [9.17, 15) is 0 Å². The van der Waals surface area contributed by atoms with Crippen molar-refractivity contribution in [1.82, 2.24) is 0 Å². The molecule has 0 saturated heterocycles. The highest BCUT2D eigenvalue weighted by molar-refractivity contribution is 5.52. The molecule has 2 aromatic rings. The van der Waals surface area contributed by atoms with E-state index in [2.05, 4.69) is 92.3 Å². The van der Waals surface area contributed by atoms with Crippen molar-refractivity contribution in [2.45, 2.75) is 79.1 Å². The van der Waals surface area contributed by atoms with Gasteiger partial charge in [0.2, 0.25) is 0 Å². The Kier molecular flexibility index (Phi) is 5.85. The summed E-state index contributed by atoms with van der Waals surface area (Å²) in [7, 11) is 0. The van der Waals surface area contributed by atoms with Gasteiger partial charge in [0.05, 0.1) is 0 Å². The van der Waals surface area contributed by atoms with E-state index in [1.807, 2.05) is 6.08 Å². The van der Waals surface area contributed by atoms with Crippen LogP contribution in [-0.4, -0.2) is 0 Å². The summed E-state index contributed by atoms with van der Waals surface area (Å²) in [6, 6.07) is 11.7. The lowest BCUT2D eigenvalue weighted by atomic mass is 9.79. The summed E-state index contributed by atoms with van der Waals surface area (Å²) in [4.78, 5) is 0. The molecule has 2 aromatic carbocycles. The van der Waals surface area contributed by atoms with Crippen LogP contribution in [0.2, 0.25) is 0 Å². The third-order valence-corrected chi connectivity index (χ3v) is 5.44. The lowest BCUT2D eigenvalue weighted by molar-refractivity contribution is 0.566. The molecule has 0 N–H and O–H groups in total. The van der Waals surface area contributed by atoms with E-state index in [1.54, 1.807) is 0 Å². The fraction of sp³-hybridized carbons (Fsp3) is 0.462. The first kappa shape index (κ1) is 20.5. The second-order valence-corrected chi connectivity index (χ2v) is 9.74. The Morgan fingerprint density at radius 1 is 0.769 bits per heavy atom. The van der Waals surface area contributed by atoms with Crippen molar-refractivity contribution in [3.63, 3.8) is 0 Å². The Labute approximate surface area is 161 Å². The predicted molar refractivity (Wildman–Crippen MR) is 117 cm³/mol. The predicted octanol–water partition coefficient (Wildman–Crippen LogP) is 7.33. The lowest BCUT2D eigenvalue weighted by Gasteiger charge is -2.26. The number of benzene rings is 2. The van der Waals surface area contributed by atoms with Crippen molar-refractivity contribution < 1.29 is 0 Å². The van der Waals surface area contributed by atoms with Gasteiger partial charge in [-0.3, -0.25) is 0 Å². The first-order chi connectivity index (χ1) is 11.9. The molecule has 0 aliphatic carbocycles. The SMILES string of the molecule is C=Cc1cc(C)c(C)c(CCc2cc(C(C)(C)C)cc(C(C)(C)C)c2)c1. The van der Waals surface area contributed by atoms with E-state index in [0.29, 0.717) is 0 Å². The zero-order chi connectivity index (χ0) is 19.7. The minimum absolute atomic E-state index is 0.172. The number of hydrogen-bond acceptors (Lipinski definition) is 0. The molecular weight excluding hydrogens is 312 g/mol. The van der Waals surface area contributed by atoms with Crippen LogP contribution in [0.4, 0.5) is 0 Å². The smallest absolute Gasteiger partial charge is 0.0132 e. The highest BCUT2D eigenvalue weighted by atomic mass is 14.2. The first-order valence-electron chi connectivity index (χ1n) is 9.79. The fourth-order valence-corrected chi connectivity index (χ4v) is 3.32. The van der Waals surface area contributed by atoms with Gasteiger partial charge >= 0.3 is 0 Å². The van der Waals surface area contributed by atoms with Crippen molar-refractivity contribution in [1.29, 1.82) is 0 Å². The van der Waals surface area contributed by atoms with Crippen LogP contribution >= 0.6 is 0 Å². The molecule has 0 heteroatoms. The standard InChI is InChI=1S/C26H36/c1-10-20-13-18(2)19(3)22(14-20)12-11-21-15-23(25(4,5)6)17-24(16-21)26(7,8)9/h10,13-17H,1,11-12H2,2-9H3. The van der Waals surface area contributed by atoms with Gasteiger partial charge in [0, 0.05) is 0 Å². The highest BCUT2D eigenvalue weighted by Crippen LogP contribution is 2.31. The molecular formula is C26H36. The van der Waals surface area contributed by atoms with Crippen molar-refractivity contribution in [2.24, 2.45) is 0 Å². The molecule has 0 amide bonds. The maximum Gasteiger partial charge on any atom is -0.0132 e. The van der Waals surface area contributed by atoms with Crippen molar-refractivity contribution in [3.05, 3.63) is 75.9 Å². The van der Waals surface area contributed by atoms with Crippen LogP contribution in [0.15, 0.2) is 36.9 Å². The zero-order valence-corrected chi connectivity index (χ0v) is 18.1. The molecule has 2 rings (SSSR count). The van der Waals surface area contributed by atoms with E-state index >= 15 is 0 Å². The van der Waals surface area contributed by atoms with Crippen molar-refractivity contribution in [2.75, 3.05) is 0 Å². The van der Waals surface area contributed by atoms with Crippen LogP contribution in [0.5, 0.6) is 0 Å². The molecule has 0 fully saturated rings. The van der Waals surface area contributed by atoms with Gasteiger partial charge in [-0.25, -0.2) is 0 Å². The van der Waals surface area contributed by atoms with Crippen LogP contribution < -0.4 is 0 Å². The molecule has 0 saturated carbocycles. The number of rotatable bonds is 4. The molecule has 0 aliphatic heterocycles. The van der Waals surface area contributed by atoms with Gasteiger partial charge in [0.1, 0.15) is 0 Å². The van der Waals surface area contributed by atoms with Crippen molar-refractivity contribution in [3.8, 4) is 0 Å². The van der Waals surface area contributed by atoms with Crippen LogP contribution in [0.1, 0.15) is 80.5 Å². The number of hydrogen-bond donors (Lipinski definition) is 0. The highest BCUT2D eigenvalue weighted by Gasteiger charge is 2.20. The summed E-state index contributed by atoms with van der Waals surface area (Å²) in [6.07, 6.45) is 4.10. The van der Waals surface area contributed by atoms with Crippen LogP contribution in [0.3, 0.4) is 0 Å². The Morgan fingerprint density at radius 2 is 1.31 bits per heavy atom. The van der Waals surface area contributed by atoms with Gasteiger partial charge in [-0.2, -0.15) is 0 Å². The van der Waals surface area contributed by atoms with Gasteiger partial charge in [-0.05, 0) is 76.5 Å². The second-order valence-electron chi connectivity index (χ2n) is 9.74. The third-order valence-electron chi connectivity index (χ3n) is 5.44.